The number of thioether (sulfide) groups is 1. The van der Waals surface area contributed by atoms with Crippen LogP contribution >= 0.6 is 11.8 Å². The molecule has 0 saturated carbocycles. The number of carbonyl (C=O) groups is 2. The van der Waals surface area contributed by atoms with Crippen LogP contribution in [0.1, 0.15) is 6.92 Å². The Bertz CT molecular complexity index is 367. The second-order valence-corrected chi connectivity index (χ2v) is 4.53. The molecule has 86 valence electrons. The van der Waals surface area contributed by atoms with Crippen molar-refractivity contribution in [3.05, 3.63) is 30.3 Å². The number of carboxylic acids is 1. The molecule has 0 spiro atoms. The number of para-hydroxylation sites is 1. The first kappa shape index (κ1) is 12.6. The summed E-state index contributed by atoms with van der Waals surface area (Å²) >= 11 is 1.10. The number of nitrogens with one attached hydrogen (secondary N) is 1. The van der Waals surface area contributed by atoms with E-state index in [1.807, 2.05) is 18.2 Å². The van der Waals surface area contributed by atoms with Crippen LogP contribution in [0, 0.1) is 0 Å². The van der Waals surface area contributed by atoms with Gasteiger partial charge in [-0.15, -0.1) is 11.8 Å². The van der Waals surface area contributed by atoms with Gasteiger partial charge in [0.05, 0.1) is 11.0 Å². The molecule has 16 heavy (non-hydrogen) atoms. The van der Waals surface area contributed by atoms with Crippen LogP contribution in [0.15, 0.2) is 30.3 Å². The molecule has 2 N–H and O–H groups in total. The standard InChI is InChI=1S/C11H13NO3S/c1-8(16-7-10(13)14)11(15)12-9-5-3-2-4-6-9/h2-6,8H,7H2,1H3,(H,12,15)(H,13,14)/t8-/m0/s1. The van der Waals surface area contributed by atoms with E-state index in [4.69, 9.17) is 5.11 Å². The molecular weight excluding hydrogens is 226 g/mol. The number of carboxylic acid groups (broad SMARTS) is 1. The van der Waals surface area contributed by atoms with Gasteiger partial charge in [0.25, 0.3) is 0 Å². The van der Waals surface area contributed by atoms with Crippen LogP contribution in [-0.2, 0) is 9.59 Å². The number of hydrogen-bond donors (Lipinski definition) is 2. The van der Waals surface area contributed by atoms with Crippen LogP contribution in [0.3, 0.4) is 0 Å². The maximum absolute atomic E-state index is 11.6. The highest BCUT2D eigenvalue weighted by atomic mass is 32.2. The van der Waals surface area contributed by atoms with E-state index in [1.165, 1.54) is 0 Å². The third kappa shape index (κ3) is 4.35. The van der Waals surface area contributed by atoms with Crippen molar-refractivity contribution in [1.82, 2.24) is 0 Å². The van der Waals surface area contributed by atoms with E-state index in [9.17, 15) is 9.59 Å². The molecule has 0 saturated heterocycles. The Morgan fingerprint density at radius 1 is 1.38 bits per heavy atom. The van der Waals surface area contributed by atoms with Gasteiger partial charge in [0.1, 0.15) is 0 Å². The summed E-state index contributed by atoms with van der Waals surface area (Å²) in [6.45, 7) is 1.69. The quantitative estimate of drug-likeness (QED) is 0.822. The zero-order valence-electron chi connectivity index (χ0n) is 8.84. The largest absolute Gasteiger partial charge is 0.481 e. The van der Waals surface area contributed by atoms with Crippen LogP contribution in [0.4, 0.5) is 5.69 Å². The molecule has 1 aromatic rings. The molecule has 0 radical (unpaired) electrons. The zero-order valence-corrected chi connectivity index (χ0v) is 9.66. The van der Waals surface area contributed by atoms with Crippen LogP contribution in [-0.4, -0.2) is 28.0 Å². The van der Waals surface area contributed by atoms with Gasteiger partial charge in [0, 0.05) is 5.69 Å². The highest BCUT2D eigenvalue weighted by molar-refractivity contribution is 8.01. The highest BCUT2D eigenvalue weighted by Crippen LogP contribution is 2.13. The molecule has 1 aromatic carbocycles. The molecule has 1 amide bonds. The van der Waals surface area contributed by atoms with Gasteiger partial charge in [-0.05, 0) is 19.1 Å². The first-order chi connectivity index (χ1) is 7.59. The topological polar surface area (TPSA) is 66.4 Å². The van der Waals surface area contributed by atoms with E-state index in [1.54, 1.807) is 19.1 Å². The van der Waals surface area contributed by atoms with Crippen molar-refractivity contribution in [3.8, 4) is 0 Å². The van der Waals surface area contributed by atoms with Crippen LogP contribution < -0.4 is 5.32 Å². The Morgan fingerprint density at radius 3 is 2.56 bits per heavy atom. The summed E-state index contributed by atoms with van der Waals surface area (Å²) in [5.74, 6) is -1.16. The summed E-state index contributed by atoms with van der Waals surface area (Å²) in [5, 5.41) is 10.8. The Morgan fingerprint density at radius 2 is 2.00 bits per heavy atom. The maximum atomic E-state index is 11.6. The molecule has 0 heterocycles. The number of amides is 1. The lowest BCUT2D eigenvalue weighted by Crippen LogP contribution is -2.23. The van der Waals surface area contributed by atoms with Gasteiger partial charge < -0.3 is 10.4 Å². The summed E-state index contributed by atoms with van der Waals surface area (Å²) in [5.41, 5.74) is 0.718. The molecule has 0 aliphatic carbocycles. The second kappa shape index (κ2) is 6.17. The van der Waals surface area contributed by atoms with Crippen molar-refractivity contribution < 1.29 is 14.7 Å². The Labute approximate surface area is 98.0 Å². The highest BCUT2D eigenvalue weighted by Gasteiger charge is 2.14. The van der Waals surface area contributed by atoms with Crippen molar-refractivity contribution in [2.24, 2.45) is 0 Å². The predicted octanol–water partition coefficient (Wildman–Crippen LogP) is 1.83. The molecular formula is C11H13NO3S. The molecule has 5 heteroatoms. The van der Waals surface area contributed by atoms with E-state index in [-0.39, 0.29) is 16.9 Å². The van der Waals surface area contributed by atoms with Gasteiger partial charge in [0.15, 0.2) is 0 Å². The van der Waals surface area contributed by atoms with E-state index in [0.29, 0.717) is 0 Å². The molecule has 0 bridgehead atoms. The molecule has 1 rings (SSSR count). The van der Waals surface area contributed by atoms with Crippen LogP contribution in [0.25, 0.3) is 0 Å². The van der Waals surface area contributed by atoms with E-state index < -0.39 is 5.97 Å². The third-order valence-electron chi connectivity index (χ3n) is 1.87. The smallest absolute Gasteiger partial charge is 0.313 e. The van der Waals surface area contributed by atoms with Gasteiger partial charge >= 0.3 is 5.97 Å². The number of hydrogen-bond acceptors (Lipinski definition) is 3. The summed E-state index contributed by atoms with van der Waals surface area (Å²) in [4.78, 5) is 21.9. The molecule has 0 fully saturated rings. The molecule has 0 aliphatic heterocycles. The minimum absolute atomic E-state index is 0.0661. The van der Waals surface area contributed by atoms with Crippen LogP contribution in [0.5, 0.6) is 0 Å². The summed E-state index contributed by atoms with van der Waals surface area (Å²) in [6.07, 6.45) is 0. The van der Waals surface area contributed by atoms with Crippen molar-refractivity contribution in [1.29, 1.82) is 0 Å². The fraction of sp³-hybridized carbons (Fsp3) is 0.273. The number of anilines is 1. The second-order valence-electron chi connectivity index (χ2n) is 3.20. The third-order valence-corrected chi connectivity index (χ3v) is 3.00. The normalized spacial score (nSPS) is 11.8. The minimum atomic E-state index is -0.913. The maximum Gasteiger partial charge on any atom is 0.313 e. The summed E-state index contributed by atoms with van der Waals surface area (Å²) in [7, 11) is 0. The van der Waals surface area contributed by atoms with E-state index >= 15 is 0 Å². The van der Waals surface area contributed by atoms with Crippen molar-refractivity contribution >= 4 is 29.3 Å². The monoisotopic (exact) mass is 239 g/mol. The van der Waals surface area contributed by atoms with Gasteiger partial charge in [-0.1, -0.05) is 18.2 Å². The first-order valence-corrected chi connectivity index (χ1v) is 5.84. The van der Waals surface area contributed by atoms with Gasteiger partial charge in [-0.2, -0.15) is 0 Å². The van der Waals surface area contributed by atoms with Crippen molar-refractivity contribution in [2.75, 3.05) is 11.1 Å². The zero-order chi connectivity index (χ0) is 12.0. The number of rotatable bonds is 5. The Kier molecular flexibility index (Phi) is 4.85. The van der Waals surface area contributed by atoms with Gasteiger partial charge in [0.2, 0.25) is 5.91 Å². The lowest BCUT2D eigenvalue weighted by atomic mass is 10.3. The number of aliphatic carboxylic acids is 1. The number of carbonyl (C=O) groups excluding carboxylic acids is 1. The molecule has 0 unspecified atom stereocenters. The Balaban J connectivity index is 2.43. The SMILES string of the molecule is C[C@H](SCC(=O)O)C(=O)Nc1ccccc1. The van der Waals surface area contributed by atoms with E-state index in [2.05, 4.69) is 5.32 Å². The van der Waals surface area contributed by atoms with E-state index in [0.717, 1.165) is 17.4 Å². The average Bonchev–Trinajstić information content (AvgIpc) is 2.27. The lowest BCUT2D eigenvalue weighted by Gasteiger charge is -2.10. The molecule has 0 aromatic heterocycles. The molecule has 1 atom stereocenters. The predicted molar refractivity (Wildman–Crippen MR) is 64.6 cm³/mol. The summed E-state index contributed by atoms with van der Waals surface area (Å²) < 4.78 is 0. The minimum Gasteiger partial charge on any atom is -0.481 e. The van der Waals surface area contributed by atoms with Gasteiger partial charge in [-0.25, -0.2) is 0 Å². The molecule has 0 aliphatic rings. The average molecular weight is 239 g/mol. The Hall–Kier alpha value is -1.49. The van der Waals surface area contributed by atoms with Crippen molar-refractivity contribution in [2.45, 2.75) is 12.2 Å². The molecule has 4 nitrogen and oxygen atoms in total. The summed E-state index contributed by atoms with van der Waals surface area (Å²) in [6, 6.07) is 9.08. The fourth-order valence-corrected chi connectivity index (χ4v) is 1.64. The van der Waals surface area contributed by atoms with Gasteiger partial charge in [-0.3, -0.25) is 9.59 Å². The first-order valence-electron chi connectivity index (χ1n) is 4.79. The van der Waals surface area contributed by atoms with Crippen LogP contribution in [0.2, 0.25) is 0 Å². The fourth-order valence-electron chi connectivity index (χ4n) is 1.04. The van der Waals surface area contributed by atoms with Crippen molar-refractivity contribution in [3.63, 3.8) is 0 Å². The lowest BCUT2D eigenvalue weighted by molar-refractivity contribution is -0.133. The number of benzene rings is 1.